The molecule has 1 aliphatic rings. The van der Waals surface area contributed by atoms with Crippen LogP contribution >= 0.6 is 0 Å². The maximum absolute atomic E-state index is 12.6. The highest BCUT2D eigenvalue weighted by Gasteiger charge is 2.56. The van der Waals surface area contributed by atoms with Crippen molar-refractivity contribution in [1.29, 1.82) is 0 Å². The van der Waals surface area contributed by atoms with Gasteiger partial charge >= 0.3 is 11.9 Å². The molecule has 1 aromatic carbocycles. The Morgan fingerprint density at radius 1 is 1.15 bits per heavy atom. The minimum absolute atomic E-state index is 0.333. The fraction of sp³-hybridized carbons (Fsp3) is 0.526. The van der Waals surface area contributed by atoms with Crippen LogP contribution in [0.4, 0.5) is 0 Å². The molecule has 2 rings (SSSR count). The van der Waals surface area contributed by atoms with E-state index >= 15 is 0 Å². The molecule has 1 N–H and O–H groups in total. The van der Waals surface area contributed by atoms with Crippen molar-refractivity contribution in [3.63, 3.8) is 0 Å². The predicted octanol–water partition coefficient (Wildman–Crippen LogP) is 1.47. The van der Waals surface area contributed by atoms with Gasteiger partial charge < -0.3 is 19.3 Å². The molecule has 1 saturated carbocycles. The van der Waals surface area contributed by atoms with Gasteiger partial charge in [0.15, 0.2) is 5.78 Å². The smallest absolute Gasteiger partial charge is 0.316 e. The molecular weight excluding hydrogens is 340 g/mol. The Labute approximate surface area is 152 Å². The monoisotopic (exact) mass is 364 g/mol. The van der Waals surface area contributed by atoms with Gasteiger partial charge in [-0.2, -0.15) is 0 Å². The molecule has 0 radical (unpaired) electrons. The van der Waals surface area contributed by atoms with E-state index in [1.807, 2.05) is 6.92 Å². The van der Waals surface area contributed by atoms with Crippen LogP contribution < -0.4 is 4.74 Å². The molecule has 142 valence electrons. The molecule has 1 fully saturated rings. The number of esters is 2. The van der Waals surface area contributed by atoms with Crippen LogP contribution in [0.1, 0.15) is 31.7 Å². The van der Waals surface area contributed by atoms with Crippen molar-refractivity contribution in [2.75, 3.05) is 20.8 Å². The summed E-state index contributed by atoms with van der Waals surface area (Å²) in [4.78, 5) is 37.3. The summed E-state index contributed by atoms with van der Waals surface area (Å²) in [7, 11) is 2.39. The summed E-state index contributed by atoms with van der Waals surface area (Å²) in [6.45, 7) is 3.75. The molecule has 7 nitrogen and oxygen atoms in total. The Morgan fingerprint density at radius 3 is 2.23 bits per heavy atom. The van der Waals surface area contributed by atoms with Crippen molar-refractivity contribution < 1.29 is 33.7 Å². The summed E-state index contributed by atoms with van der Waals surface area (Å²) in [5.74, 6) is -4.46. The van der Waals surface area contributed by atoms with Gasteiger partial charge in [0.1, 0.15) is 11.7 Å². The number of ether oxygens (including phenoxy) is 3. The van der Waals surface area contributed by atoms with Gasteiger partial charge in [-0.15, -0.1) is 0 Å². The van der Waals surface area contributed by atoms with Gasteiger partial charge in [0.2, 0.25) is 0 Å². The lowest BCUT2D eigenvalue weighted by atomic mass is 9.62. The van der Waals surface area contributed by atoms with Gasteiger partial charge in [-0.3, -0.25) is 14.4 Å². The maximum atomic E-state index is 12.6. The molecule has 0 unspecified atom stereocenters. The minimum atomic E-state index is -1.64. The molecule has 0 aliphatic heterocycles. The number of methoxy groups -OCH3 is 2. The number of carbonyl (C=O) groups excluding carboxylic acids is 3. The molecule has 0 heterocycles. The first-order valence-electron chi connectivity index (χ1n) is 8.40. The Hall–Kier alpha value is -2.41. The van der Waals surface area contributed by atoms with Crippen LogP contribution in [-0.4, -0.2) is 49.3 Å². The van der Waals surface area contributed by atoms with Crippen molar-refractivity contribution in [1.82, 2.24) is 0 Å². The second-order valence-electron chi connectivity index (χ2n) is 6.53. The zero-order chi connectivity index (χ0) is 19.5. The fourth-order valence-corrected chi connectivity index (χ4v) is 3.62. The van der Waals surface area contributed by atoms with Crippen LogP contribution in [0.3, 0.4) is 0 Å². The van der Waals surface area contributed by atoms with Gasteiger partial charge in [0, 0.05) is 12.3 Å². The Morgan fingerprint density at radius 2 is 1.73 bits per heavy atom. The summed E-state index contributed by atoms with van der Waals surface area (Å²) in [5.41, 5.74) is -1.09. The van der Waals surface area contributed by atoms with E-state index in [-0.39, 0.29) is 6.42 Å². The Balaban J connectivity index is 2.57. The third-order valence-electron chi connectivity index (χ3n) is 4.75. The number of aliphatic hydroxyl groups is 1. The summed E-state index contributed by atoms with van der Waals surface area (Å²) < 4.78 is 15.0. The molecule has 0 aromatic heterocycles. The van der Waals surface area contributed by atoms with E-state index in [0.29, 0.717) is 17.9 Å². The van der Waals surface area contributed by atoms with Crippen LogP contribution in [0.25, 0.3) is 0 Å². The number of ketones is 1. The van der Waals surface area contributed by atoms with E-state index < -0.39 is 41.1 Å². The van der Waals surface area contributed by atoms with Crippen LogP contribution in [0.15, 0.2) is 24.3 Å². The molecule has 0 saturated heterocycles. The third kappa shape index (κ3) is 3.72. The fourth-order valence-electron chi connectivity index (χ4n) is 3.62. The van der Waals surface area contributed by atoms with Crippen molar-refractivity contribution in [2.45, 2.75) is 31.8 Å². The lowest BCUT2D eigenvalue weighted by molar-refractivity contribution is -0.170. The maximum Gasteiger partial charge on any atom is 0.316 e. The quantitative estimate of drug-likeness (QED) is 0.624. The average molecular weight is 364 g/mol. The summed E-state index contributed by atoms with van der Waals surface area (Å²) >= 11 is 0. The van der Waals surface area contributed by atoms with E-state index in [4.69, 9.17) is 14.2 Å². The second kappa shape index (κ2) is 7.86. The minimum Gasteiger partial charge on any atom is -0.494 e. The zero-order valence-corrected chi connectivity index (χ0v) is 15.4. The highest BCUT2D eigenvalue weighted by atomic mass is 16.5. The first-order chi connectivity index (χ1) is 12.3. The van der Waals surface area contributed by atoms with Crippen molar-refractivity contribution in [2.24, 2.45) is 11.8 Å². The lowest BCUT2D eigenvalue weighted by Crippen LogP contribution is -2.55. The topological polar surface area (TPSA) is 99.1 Å². The standard InChI is InChI=1S/C19H24O7/c1-5-26-12-8-6-11(7-9-12)14-15(17(21)24-3)13(20)10-19(2,23)16(14)18(22)25-4/h6-9,14-16,23H,5,10H2,1-4H3/t14-,15-,16-,19-/m1/s1. The summed E-state index contributed by atoms with van der Waals surface area (Å²) in [5, 5.41) is 10.8. The number of hydrogen-bond donors (Lipinski definition) is 1. The molecule has 0 bridgehead atoms. The summed E-state index contributed by atoms with van der Waals surface area (Å²) in [6, 6.07) is 6.73. The SMILES string of the molecule is CCOc1ccc([C@@H]2[C@H](C(=O)OC)C(=O)C[C@@](C)(O)[C@H]2C(=O)OC)cc1. The molecule has 1 aromatic rings. The molecule has 7 heteroatoms. The average Bonchev–Trinajstić information content (AvgIpc) is 2.60. The zero-order valence-electron chi connectivity index (χ0n) is 15.4. The van der Waals surface area contributed by atoms with Gasteiger partial charge in [-0.05, 0) is 31.5 Å². The molecule has 26 heavy (non-hydrogen) atoms. The highest BCUT2D eigenvalue weighted by Crippen LogP contribution is 2.46. The molecule has 0 spiro atoms. The van der Waals surface area contributed by atoms with E-state index in [0.717, 1.165) is 0 Å². The first kappa shape index (κ1) is 19.9. The van der Waals surface area contributed by atoms with E-state index in [2.05, 4.69) is 0 Å². The third-order valence-corrected chi connectivity index (χ3v) is 4.75. The van der Waals surface area contributed by atoms with Gasteiger partial charge in [-0.1, -0.05) is 12.1 Å². The number of benzene rings is 1. The molecule has 1 aliphatic carbocycles. The normalized spacial score (nSPS) is 28.3. The first-order valence-corrected chi connectivity index (χ1v) is 8.40. The van der Waals surface area contributed by atoms with Crippen LogP contribution in [0.5, 0.6) is 5.75 Å². The number of hydrogen-bond acceptors (Lipinski definition) is 7. The van der Waals surface area contributed by atoms with Gasteiger partial charge in [-0.25, -0.2) is 0 Å². The van der Waals surface area contributed by atoms with Crippen LogP contribution in [0, 0.1) is 11.8 Å². The molecular formula is C19H24O7. The summed E-state index contributed by atoms with van der Waals surface area (Å²) in [6.07, 6.45) is -0.333. The van der Waals surface area contributed by atoms with Crippen LogP contribution in [-0.2, 0) is 23.9 Å². The number of Topliss-reactive ketones (excluding diaryl/α,β-unsaturated/α-hetero) is 1. The number of carbonyl (C=O) groups is 3. The van der Waals surface area contributed by atoms with Crippen molar-refractivity contribution in [3.05, 3.63) is 29.8 Å². The van der Waals surface area contributed by atoms with E-state index in [1.165, 1.54) is 21.1 Å². The van der Waals surface area contributed by atoms with E-state index in [9.17, 15) is 19.5 Å². The van der Waals surface area contributed by atoms with Gasteiger partial charge in [0.25, 0.3) is 0 Å². The Kier molecular flexibility index (Phi) is 6.02. The largest absolute Gasteiger partial charge is 0.494 e. The van der Waals surface area contributed by atoms with Crippen molar-refractivity contribution in [3.8, 4) is 5.75 Å². The lowest BCUT2D eigenvalue weighted by Gasteiger charge is -2.43. The Bertz CT molecular complexity index is 678. The second-order valence-corrected chi connectivity index (χ2v) is 6.53. The van der Waals surface area contributed by atoms with Crippen LogP contribution in [0.2, 0.25) is 0 Å². The predicted molar refractivity (Wildman–Crippen MR) is 91.6 cm³/mol. The highest BCUT2D eigenvalue weighted by molar-refractivity contribution is 6.02. The van der Waals surface area contributed by atoms with E-state index in [1.54, 1.807) is 24.3 Å². The van der Waals surface area contributed by atoms with Gasteiger partial charge in [0.05, 0.1) is 32.3 Å². The molecule has 4 atom stereocenters. The number of rotatable bonds is 5. The van der Waals surface area contributed by atoms with Crippen molar-refractivity contribution >= 4 is 17.7 Å². The molecule has 0 amide bonds.